The van der Waals surface area contributed by atoms with Crippen molar-refractivity contribution in [3.63, 3.8) is 0 Å². The minimum atomic E-state index is -0.402. The molecule has 26 heavy (non-hydrogen) atoms. The molecule has 1 aliphatic carbocycles. The lowest BCUT2D eigenvalue weighted by Crippen LogP contribution is -2.31. The Bertz CT molecular complexity index is 701. The third kappa shape index (κ3) is 4.47. The Kier molecular flexibility index (Phi) is 7.10. The number of benzene rings is 2. The van der Waals surface area contributed by atoms with Crippen LogP contribution >= 0.6 is 0 Å². The Morgan fingerprint density at radius 3 is 2.31 bits per heavy atom. The standard InChI is InChI=1S/C24H35NO/c1-3-5-15-25(16-6-4-2)18-24(26)23-17-19-11-7-8-12-20(19)21-13-9-10-14-22(21)23/h9-10,13-14,17,24,26H,3-8,11-12,15-16,18H2,1-2H3. The Morgan fingerprint density at radius 1 is 0.962 bits per heavy atom. The van der Waals surface area contributed by atoms with Gasteiger partial charge in [0.1, 0.15) is 0 Å². The van der Waals surface area contributed by atoms with Crippen LogP contribution in [0.15, 0.2) is 30.3 Å². The number of hydrogen-bond donors (Lipinski definition) is 1. The van der Waals surface area contributed by atoms with E-state index in [0.29, 0.717) is 0 Å². The van der Waals surface area contributed by atoms with E-state index >= 15 is 0 Å². The van der Waals surface area contributed by atoms with Crippen LogP contribution in [0.3, 0.4) is 0 Å². The van der Waals surface area contributed by atoms with Crippen LogP contribution in [0, 0.1) is 0 Å². The van der Waals surface area contributed by atoms with Gasteiger partial charge in [-0.05, 0) is 79.1 Å². The lowest BCUT2D eigenvalue weighted by Gasteiger charge is -2.27. The number of fused-ring (bicyclic) bond motifs is 3. The van der Waals surface area contributed by atoms with Crippen molar-refractivity contribution in [3.8, 4) is 0 Å². The quantitative estimate of drug-likeness (QED) is 0.629. The molecule has 0 aliphatic heterocycles. The average Bonchev–Trinajstić information content (AvgIpc) is 2.69. The van der Waals surface area contributed by atoms with E-state index in [1.54, 1.807) is 0 Å². The number of aryl methyl sites for hydroxylation is 2. The Labute approximate surface area is 159 Å². The summed E-state index contributed by atoms with van der Waals surface area (Å²) in [6, 6.07) is 11.0. The molecule has 0 aromatic heterocycles. The van der Waals surface area contributed by atoms with Gasteiger partial charge < -0.3 is 10.0 Å². The first-order valence-electron chi connectivity index (χ1n) is 10.7. The zero-order chi connectivity index (χ0) is 18.4. The van der Waals surface area contributed by atoms with Crippen LogP contribution in [0.2, 0.25) is 0 Å². The van der Waals surface area contributed by atoms with E-state index in [1.165, 1.54) is 66.8 Å². The van der Waals surface area contributed by atoms with Crippen LogP contribution in [0.4, 0.5) is 0 Å². The highest BCUT2D eigenvalue weighted by molar-refractivity contribution is 5.90. The average molecular weight is 354 g/mol. The molecule has 0 saturated carbocycles. The van der Waals surface area contributed by atoms with Gasteiger partial charge in [0.15, 0.2) is 0 Å². The molecule has 3 rings (SSSR count). The van der Waals surface area contributed by atoms with Crippen molar-refractivity contribution in [2.75, 3.05) is 19.6 Å². The number of hydrogen-bond acceptors (Lipinski definition) is 2. The largest absolute Gasteiger partial charge is 0.387 e. The maximum atomic E-state index is 11.1. The van der Waals surface area contributed by atoms with Gasteiger partial charge in [-0.2, -0.15) is 0 Å². The van der Waals surface area contributed by atoms with Crippen molar-refractivity contribution in [1.82, 2.24) is 4.90 Å². The molecule has 1 N–H and O–H groups in total. The van der Waals surface area contributed by atoms with E-state index in [1.807, 2.05) is 0 Å². The predicted octanol–water partition coefficient (Wildman–Crippen LogP) is 5.65. The van der Waals surface area contributed by atoms with Crippen molar-refractivity contribution in [3.05, 3.63) is 47.0 Å². The molecule has 1 unspecified atom stereocenters. The smallest absolute Gasteiger partial charge is 0.0923 e. The van der Waals surface area contributed by atoms with E-state index in [0.717, 1.165) is 31.6 Å². The summed E-state index contributed by atoms with van der Waals surface area (Å²) in [5, 5.41) is 13.8. The summed E-state index contributed by atoms with van der Waals surface area (Å²) < 4.78 is 0. The van der Waals surface area contributed by atoms with Gasteiger partial charge in [-0.1, -0.05) is 57.0 Å². The lowest BCUT2D eigenvalue weighted by molar-refractivity contribution is 0.112. The Balaban J connectivity index is 1.88. The van der Waals surface area contributed by atoms with Gasteiger partial charge in [0.05, 0.1) is 6.10 Å². The fraction of sp³-hybridized carbons (Fsp3) is 0.583. The van der Waals surface area contributed by atoms with Crippen LogP contribution in [0.5, 0.6) is 0 Å². The number of aliphatic hydroxyl groups excluding tert-OH is 1. The number of aliphatic hydroxyl groups is 1. The number of unbranched alkanes of at least 4 members (excludes halogenated alkanes) is 2. The van der Waals surface area contributed by atoms with E-state index < -0.39 is 6.10 Å². The maximum Gasteiger partial charge on any atom is 0.0923 e. The molecule has 2 heteroatoms. The second-order valence-electron chi connectivity index (χ2n) is 7.88. The summed E-state index contributed by atoms with van der Waals surface area (Å²) in [5.41, 5.74) is 4.13. The minimum absolute atomic E-state index is 0.402. The molecule has 0 spiro atoms. The Morgan fingerprint density at radius 2 is 1.62 bits per heavy atom. The van der Waals surface area contributed by atoms with Crippen LogP contribution < -0.4 is 0 Å². The second kappa shape index (κ2) is 9.53. The normalized spacial score (nSPS) is 15.4. The fourth-order valence-electron chi connectivity index (χ4n) is 4.34. The van der Waals surface area contributed by atoms with Gasteiger partial charge >= 0.3 is 0 Å². The zero-order valence-corrected chi connectivity index (χ0v) is 16.6. The van der Waals surface area contributed by atoms with Crippen LogP contribution in [-0.2, 0) is 12.8 Å². The Hall–Kier alpha value is -1.38. The van der Waals surface area contributed by atoms with Gasteiger partial charge in [-0.25, -0.2) is 0 Å². The van der Waals surface area contributed by atoms with Crippen molar-refractivity contribution in [2.24, 2.45) is 0 Å². The molecule has 0 radical (unpaired) electrons. The molecule has 1 aliphatic rings. The molecule has 0 saturated heterocycles. The summed E-state index contributed by atoms with van der Waals surface area (Å²) in [5.74, 6) is 0. The molecule has 2 aromatic carbocycles. The molecular weight excluding hydrogens is 318 g/mol. The van der Waals surface area contributed by atoms with Gasteiger partial charge in [0.25, 0.3) is 0 Å². The summed E-state index contributed by atoms with van der Waals surface area (Å²) >= 11 is 0. The monoisotopic (exact) mass is 353 g/mol. The van der Waals surface area contributed by atoms with E-state index in [2.05, 4.69) is 49.1 Å². The summed E-state index contributed by atoms with van der Waals surface area (Å²) in [6.45, 7) is 7.42. The molecule has 2 aromatic rings. The third-order valence-corrected chi connectivity index (χ3v) is 5.85. The number of nitrogens with zero attached hydrogens (tertiary/aromatic N) is 1. The highest BCUT2D eigenvalue weighted by atomic mass is 16.3. The van der Waals surface area contributed by atoms with E-state index in [-0.39, 0.29) is 0 Å². The maximum absolute atomic E-state index is 11.1. The van der Waals surface area contributed by atoms with E-state index in [4.69, 9.17) is 0 Å². The highest BCUT2D eigenvalue weighted by Gasteiger charge is 2.20. The highest BCUT2D eigenvalue weighted by Crippen LogP contribution is 2.34. The van der Waals surface area contributed by atoms with Crippen molar-refractivity contribution in [2.45, 2.75) is 71.3 Å². The topological polar surface area (TPSA) is 23.5 Å². The zero-order valence-electron chi connectivity index (χ0n) is 16.6. The summed E-state index contributed by atoms with van der Waals surface area (Å²) in [7, 11) is 0. The molecule has 0 heterocycles. The summed E-state index contributed by atoms with van der Waals surface area (Å²) in [6.07, 6.45) is 9.35. The lowest BCUT2D eigenvalue weighted by atomic mass is 9.84. The first-order chi connectivity index (χ1) is 12.7. The second-order valence-corrected chi connectivity index (χ2v) is 7.88. The van der Waals surface area contributed by atoms with Crippen LogP contribution in [0.1, 0.15) is 75.2 Å². The summed E-state index contributed by atoms with van der Waals surface area (Å²) in [4.78, 5) is 2.46. The molecule has 0 amide bonds. The molecule has 142 valence electrons. The van der Waals surface area contributed by atoms with Gasteiger partial charge in [-0.15, -0.1) is 0 Å². The molecule has 0 bridgehead atoms. The first-order valence-corrected chi connectivity index (χ1v) is 10.7. The predicted molar refractivity (Wildman–Crippen MR) is 112 cm³/mol. The minimum Gasteiger partial charge on any atom is -0.387 e. The SMILES string of the molecule is CCCCN(CCCC)CC(O)c1cc2c(c3ccccc13)CCCC2. The van der Waals surface area contributed by atoms with Crippen molar-refractivity contribution < 1.29 is 5.11 Å². The molecular formula is C24H35NO. The van der Waals surface area contributed by atoms with Crippen molar-refractivity contribution >= 4 is 10.8 Å². The number of rotatable bonds is 9. The van der Waals surface area contributed by atoms with Gasteiger partial charge in [0, 0.05) is 6.54 Å². The van der Waals surface area contributed by atoms with Crippen LogP contribution in [-0.4, -0.2) is 29.6 Å². The van der Waals surface area contributed by atoms with Crippen LogP contribution in [0.25, 0.3) is 10.8 Å². The van der Waals surface area contributed by atoms with E-state index in [9.17, 15) is 5.11 Å². The van der Waals surface area contributed by atoms with Gasteiger partial charge in [0.2, 0.25) is 0 Å². The third-order valence-electron chi connectivity index (χ3n) is 5.85. The first kappa shape index (κ1) is 19.4. The fourth-order valence-corrected chi connectivity index (χ4v) is 4.34. The molecule has 1 atom stereocenters. The molecule has 2 nitrogen and oxygen atoms in total. The van der Waals surface area contributed by atoms with Crippen molar-refractivity contribution in [1.29, 1.82) is 0 Å². The molecule has 0 fully saturated rings. The van der Waals surface area contributed by atoms with Gasteiger partial charge in [-0.3, -0.25) is 0 Å².